The molecule has 4 rings (SSSR count). The lowest BCUT2D eigenvalue weighted by Gasteiger charge is -2.35. The van der Waals surface area contributed by atoms with E-state index in [9.17, 15) is 4.79 Å². The fourth-order valence-corrected chi connectivity index (χ4v) is 4.86. The number of hydrogen-bond acceptors (Lipinski definition) is 6. The summed E-state index contributed by atoms with van der Waals surface area (Å²) in [5.41, 5.74) is 5.27. The second kappa shape index (κ2) is 10.2. The number of carbonyl (C=O) groups is 1. The predicted octanol–water partition coefficient (Wildman–Crippen LogP) is 4.11. The Balaban J connectivity index is 1.68. The quantitative estimate of drug-likeness (QED) is 0.643. The number of ether oxygens (including phenoxy) is 3. The first-order valence-corrected chi connectivity index (χ1v) is 11.9. The fourth-order valence-electron chi connectivity index (χ4n) is 4.86. The van der Waals surface area contributed by atoms with Crippen LogP contribution in [0.15, 0.2) is 41.5 Å². The van der Waals surface area contributed by atoms with Crippen LogP contribution in [0.25, 0.3) is 0 Å². The molecule has 3 atom stereocenters. The van der Waals surface area contributed by atoms with Gasteiger partial charge in [-0.2, -0.15) is 5.10 Å². The number of hydrazone groups is 1. The number of morpholine rings is 1. The van der Waals surface area contributed by atoms with Crippen LogP contribution >= 0.6 is 0 Å². The molecule has 7 heteroatoms. The predicted molar refractivity (Wildman–Crippen MR) is 133 cm³/mol. The summed E-state index contributed by atoms with van der Waals surface area (Å²) >= 11 is 0. The molecule has 0 saturated carbocycles. The van der Waals surface area contributed by atoms with Gasteiger partial charge in [0.1, 0.15) is 11.5 Å². The molecule has 34 heavy (non-hydrogen) atoms. The lowest BCUT2D eigenvalue weighted by molar-refractivity contribution is -0.137. The van der Waals surface area contributed by atoms with Crippen molar-refractivity contribution in [1.29, 1.82) is 0 Å². The van der Waals surface area contributed by atoms with Gasteiger partial charge >= 0.3 is 0 Å². The van der Waals surface area contributed by atoms with E-state index >= 15 is 0 Å². The minimum Gasteiger partial charge on any atom is -0.497 e. The largest absolute Gasteiger partial charge is 0.497 e. The Bertz CT molecular complexity index is 1070. The summed E-state index contributed by atoms with van der Waals surface area (Å²) < 4.78 is 17.0. The van der Waals surface area contributed by atoms with E-state index in [0.29, 0.717) is 18.7 Å². The van der Waals surface area contributed by atoms with Crippen LogP contribution in [0.1, 0.15) is 48.6 Å². The van der Waals surface area contributed by atoms with Gasteiger partial charge < -0.3 is 14.2 Å². The SMILES string of the molecule is COc1ccc(OC)c(C2CC(c3ccc(C)c(C)c3)=NN2C(=O)CN2CC(C)OC(C)C2)c1. The maximum atomic E-state index is 13.6. The van der Waals surface area contributed by atoms with E-state index < -0.39 is 0 Å². The summed E-state index contributed by atoms with van der Waals surface area (Å²) in [7, 11) is 3.29. The van der Waals surface area contributed by atoms with E-state index in [1.807, 2.05) is 32.0 Å². The zero-order valence-electron chi connectivity index (χ0n) is 21.0. The molecule has 2 aromatic carbocycles. The molecular formula is C27H35N3O4. The normalized spacial score (nSPS) is 23.1. The lowest BCUT2D eigenvalue weighted by atomic mass is 9.95. The zero-order valence-corrected chi connectivity index (χ0v) is 21.0. The van der Waals surface area contributed by atoms with Gasteiger partial charge in [-0.15, -0.1) is 0 Å². The molecule has 0 spiro atoms. The minimum atomic E-state index is -0.273. The van der Waals surface area contributed by atoms with Crippen molar-refractivity contribution in [2.75, 3.05) is 33.9 Å². The van der Waals surface area contributed by atoms with E-state index in [-0.39, 0.29) is 24.2 Å². The van der Waals surface area contributed by atoms with Crippen molar-refractivity contribution in [3.63, 3.8) is 0 Å². The second-order valence-corrected chi connectivity index (χ2v) is 9.36. The average Bonchev–Trinajstić information content (AvgIpc) is 3.25. The molecule has 182 valence electrons. The van der Waals surface area contributed by atoms with Crippen LogP contribution in [-0.4, -0.2) is 67.6 Å². The highest BCUT2D eigenvalue weighted by Crippen LogP contribution is 2.39. The number of methoxy groups -OCH3 is 2. The molecule has 0 aliphatic carbocycles. The van der Waals surface area contributed by atoms with Gasteiger partial charge in [0.25, 0.3) is 5.91 Å². The highest BCUT2D eigenvalue weighted by Gasteiger charge is 2.36. The minimum absolute atomic E-state index is 0.0324. The molecule has 2 aromatic rings. The molecule has 0 aromatic heterocycles. The van der Waals surface area contributed by atoms with E-state index in [2.05, 4.69) is 36.9 Å². The van der Waals surface area contributed by atoms with Gasteiger partial charge in [0.05, 0.1) is 44.7 Å². The third kappa shape index (κ3) is 5.10. The number of benzene rings is 2. The van der Waals surface area contributed by atoms with Crippen LogP contribution in [0, 0.1) is 13.8 Å². The first-order valence-electron chi connectivity index (χ1n) is 11.9. The van der Waals surface area contributed by atoms with Gasteiger partial charge in [0.15, 0.2) is 0 Å². The smallest absolute Gasteiger partial charge is 0.257 e. The van der Waals surface area contributed by atoms with E-state index in [1.165, 1.54) is 11.1 Å². The third-order valence-electron chi connectivity index (χ3n) is 6.66. The summed E-state index contributed by atoms with van der Waals surface area (Å²) in [6.07, 6.45) is 0.797. The van der Waals surface area contributed by atoms with Gasteiger partial charge in [-0.25, -0.2) is 5.01 Å². The summed E-state index contributed by atoms with van der Waals surface area (Å²) in [4.78, 5) is 15.8. The molecule has 1 amide bonds. The maximum Gasteiger partial charge on any atom is 0.257 e. The molecule has 2 heterocycles. The number of rotatable bonds is 6. The Morgan fingerprint density at radius 1 is 1.03 bits per heavy atom. The summed E-state index contributed by atoms with van der Waals surface area (Å²) in [5.74, 6) is 1.41. The van der Waals surface area contributed by atoms with Crippen LogP contribution < -0.4 is 9.47 Å². The Kier molecular flexibility index (Phi) is 7.24. The summed E-state index contributed by atoms with van der Waals surface area (Å²) in [5, 5.41) is 6.51. The monoisotopic (exact) mass is 465 g/mol. The summed E-state index contributed by atoms with van der Waals surface area (Å²) in [6.45, 7) is 10.0. The summed E-state index contributed by atoms with van der Waals surface area (Å²) in [6, 6.07) is 11.8. The number of carbonyl (C=O) groups excluding carboxylic acids is 1. The van der Waals surface area contributed by atoms with Gasteiger partial charge in [-0.3, -0.25) is 9.69 Å². The van der Waals surface area contributed by atoms with Crippen molar-refractivity contribution in [1.82, 2.24) is 9.91 Å². The lowest BCUT2D eigenvalue weighted by Crippen LogP contribution is -2.49. The Labute approximate surface area is 202 Å². The van der Waals surface area contributed by atoms with Gasteiger partial charge in [-0.1, -0.05) is 12.1 Å². The van der Waals surface area contributed by atoms with Gasteiger partial charge in [-0.05, 0) is 68.7 Å². The van der Waals surface area contributed by atoms with Crippen molar-refractivity contribution in [2.24, 2.45) is 5.10 Å². The maximum absolute atomic E-state index is 13.6. The number of aryl methyl sites for hydroxylation is 2. The van der Waals surface area contributed by atoms with E-state index in [0.717, 1.165) is 35.7 Å². The van der Waals surface area contributed by atoms with Crippen LogP contribution in [-0.2, 0) is 9.53 Å². The topological polar surface area (TPSA) is 63.6 Å². The molecule has 3 unspecified atom stereocenters. The zero-order chi connectivity index (χ0) is 24.4. The van der Waals surface area contributed by atoms with Crippen molar-refractivity contribution < 1.29 is 19.0 Å². The molecule has 2 aliphatic heterocycles. The van der Waals surface area contributed by atoms with Gasteiger partial charge in [0.2, 0.25) is 0 Å². The molecule has 0 N–H and O–H groups in total. The van der Waals surface area contributed by atoms with E-state index in [1.54, 1.807) is 19.2 Å². The molecule has 0 bridgehead atoms. The van der Waals surface area contributed by atoms with Crippen molar-refractivity contribution in [2.45, 2.75) is 52.4 Å². The average molecular weight is 466 g/mol. The molecule has 1 saturated heterocycles. The highest BCUT2D eigenvalue weighted by atomic mass is 16.5. The van der Waals surface area contributed by atoms with Crippen molar-refractivity contribution in [3.8, 4) is 11.5 Å². The number of nitrogens with zero attached hydrogens (tertiary/aromatic N) is 3. The molecular weight excluding hydrogens is 430 g/mol. The van der Waals surface area contributed by atoms with Crippen LogP contribution in [0.5, 0.6) is 11.5 Å². The van der Waals surface area contributed by atoms with Crippen LogP contribution in [0.3, 0.4) is 0 Å². The Morgan fingerprint density at radius 3 is 2.41 bits per heavy atom. The standard InChI is InChI=1S/C27H35N3O4/c1-17-7-8-21(11-18(17)2)24-13-25(23-12-22(32-5)9-10-26(23)33-6)30(28-24)27(31)16-29-14-19(3)34-20(4)15-29/h7-12,19-20,25H,13-16H2,1-6H3. The highest BCUT2D eigenvalue weighted by molar-refractivity contribution is 6.03. The first-order chi connectivity index (χ1) is 16.3. The number of hydrogen-bond donors (Lipinski definition) is 0. The van der Waals surface area contributed by atoms with Crippen LogP contribution in [0.4, 0.5) is 0 Å². The molecule has 0 radical (unpaired) electrons. The molecule has 7 nitrogen and oxygen atoms in total. The fraction of sp³-hybridized carbons (Fsp3) is 0.481. The second-order valence-electron chi connectivity index (χ2n) is 9.36. The number of amides is 1. The van der Waals surface area contributed by atoms with E-state index in [4.69, 9.17) is 19.3 Å². The van der Waals surface area contributed by atoms with Crippen LogP contribution in [0.2, 0.25) is 0 Å². The molecule has 2 aliphatic rings. The Hall–Kier alpha value is -2.90. The van der Waals surface area contributed by atoms with Crippen molar-refractivity contribution in [3.05, 3.63) is 58.7 Å². The van der Waals surface area contributed by atoms with Crippen molar-refractivity contribution >= 4 is 11.6 Å². The Morgan fingerprint density at radius 2 is 1.76 bits per heavy atom. The molecule has 1 fully saturated rings. The van der Waals surface area contributed by atoms with Gasteiger partial charge in [0, 0.05) is 25.1 Å². The first kappa shape index (κ1) is 24.2. The third-order valence-corrected chi connectivity index (χ3v) is 6.66.